The first-order valence-electron chi connectivity index (χ1n) is 17.5. The minimum Gasteiger partial charge on any atom is -0.497 e. The predicted molar refractivity (Wildman–Crippen MR) is 221 cm³/mol. The number of aromatic nitrogens is 2. The third-order valence-corrected chi connectivity index (χ3v) is 10.2. The molecule has 0 atom stereocenters. The standard InChI is InChI=1S/C49H36N2O/c1-4-11-33(5-2)39-29-40(34-12-7-6-8-13-34)31-42(30-39)51-47-24-18-37(32-45(47)49-44-15-10-9-14-35(44)16-25-48(49)51)36-17-23-46-38(28-36)26-27-50(46)41-19-21-43(52-3)22-20-41/h4-32H,1-2H2,3H3/b33-11+. The van der Waals surface area contributed by atoms with Gasteiger partial charge < -0.3 is 13.9 Å². The van der Waals surface area contributed by atoms with Crippen LogP contribution in [0.1, 0.15) is 5.56 Å². The third-order valence-electron chi connectivity index (χ3n) is 10.2. The lowest BCUT2D eigenvalue weighted by atomic mass is 9.97. The zero-order valence-corrected chi connectivity index (χ0v) is 29.0. The van der Waals surface area contributed by atoms with Gasteiger partial charge in [0, 0.05) is 33.7 Å². The van der Waals surface area contributed by atoms with Gasteiger partial charge in [-0.2, -0.15) is 0 Å². The van der Waals surface area contributed by atoms with E-state index in [2.05, 4.69) is 168 Å². The minimum atomic E-state index is 0.849. The highest BCUT2D eigenvalue weighted by atomic mass is 16.5. The molecule has 0 bridgehead atoms. The van der Waals surface area contributed by atoms with E-state index in [1.807, 2.05) is 30.4 Å². The molecule has 0 unspecified atom stereocenters. The van der Waals surface area contributed by atoms with E-state index in [0.29, 0.717) is 0 Å². The molecule has 0 spiro atoms. The highest BCUT2D eigenvalue weighted by Gasteiger charge is 2.18. The molecule has 0 aliphatic carbocycles. The molecule has 0 radical (unpaired) electrons. The Bertz CT molecular complexity index is 2850. The quantitative estimate of drug-likeness (QED) is 0.147. The van der Waals surface area contributed by atoms with Gasteiger partial charge in [-0.05, 0) is 123 Å². The summed E-state index contributed by atoms with van der Waals surface area (Å²) in [5.41, 5.74) is 12.5. The lowest BCUT2D eigenvalue weighted by Gasteiger charge is -2.14. The van der Waals surface area contributed by atoms with Crippen LogP contribution in [-0.2, 0) is 0 Å². The summed E-state index contributed by atoms with van der Waals surface area (Å²) < 4.78 is 10.0. The number of fused-ring (bicyclic) bond motifs is 6. The van der Waals surface area contributed by atoms with Crippen molar-refractivity contribution in [3.05, 3.63) is 195 Å². The van der Waals surface area contributed by atoms with Gasteiger partial charge in [0.25, 0.3) is 0 Å². The van der Waals surface area contributed by atoms with Gasteiger partial charge in [-0.25, -0.2) is 0 Å². The van der Waals surface area contributed by atoms with Crippen LogP contribution >= 0.6 is 0 Å². The Balaban J connectivity index is 1.26. The Hall–Kier alpha value is -6.84. The van der Waals surface area contributed by atoms with Gasteiger partial charge in [-0.3, -0.25) is 0 Å². The molecule has 2 aromatic heterocycles. The fourth-order valence-corrected chi connectivity index (χ4v) is 7.65. The van der Waals surface area contributed by atoms with E-state index in [9.17, 15) is 0 Å². The van der Waals surface area contributed by atoms with E-state index in [0.717, 1.165) is 50.4 Å². The van der Waals surface area contributed by atoms with Crippen molar-refractivity contribution < 1.29 is 4.74 Å². The summed E-state index contributed by atoms with van der Waals surface area (Å²) >= 11 is 0. The van der Waals surface area contributed by atoms with Gasteiger partial charge in [0.1, 0.15) is 5.75 Å². The number of nitrogens with zero attached hydrogens (tertiary/aromatic N) is 2. The van der Waals surface area contributed by atoms with Gasteiger partial charge in [-0.1, -0.05) is 104 Å². The molecule has 0 amide bonds. The SMILES string of the molecule is C=C/C=C(\C=C)c1cc(-c2ccccc2)cc(-n2c3ccc(-c4ccc5c(ccn5-c5ccc(OC)cc5)c4)cc3c3c4ccccc4ccc32)c1. The molecule has 3 nitrogen and oxygen atoms in total. The largest absolute Gasteiger partial charge is 0.497 e. The maximum absolute atomic E-state index is 5.38. The Morgan fingerprint density at radius 3 is 2.10 bits per heavy atom. The summed E-state index contributed by atoms with van der Waals surface area (Å²) in [7, 11) is 1.69. The Morgan fingerprint density at radius 1 is 0.558 bits per heavy atom. The predicted octanol–water partition coefficient (Wildman–Crippen LogP) is 13.0. The monoisotopic (exact) mass is 668 g/mol. The van der Waals surface area contributed by atoms with Crippen molar-refractivity contribution in [2.75, 3.05) is 7.11 Å². The van der Waals surface area contributed by atoms with Crippen molar-refractivity contribution in [3.8, 4) is 39.4 Å². The Morgan fingerprint density at radius 2 is 1.31 bits per heavy atom. The lowest BCUT2D eigenvalue weighted by molar-refractivity contribution is 0.415. The van der Waals surface area contributed by atoms with Crippen LogP contribution in [0.25, 0.3) is 82.7 Å². The second-order valence-corrected chi connectivity index (χ2v) is 13.1. The molecule has 0 N–H and O–H groups in total. The van der Waals surface area contributed by atoms with Gasteiger partial charge >= 0.3 is 0 Å². The summed E-state index contributed by atoms with van der Waals surface area (Å²) in [6.45, 7) is 8.11. The van der Waals surface area contributed by atoms with Crippen LogP contribution in [0.15, 0.2) is 189 Å². The molecule has 3 heteroatoms. The number of hydrogen-bond acceptors (Lipinski definition) is 1. The molecule has 0 aliphatic heterocycles. The van der Waals surface area contributed by atoms with E-state index >= 15 is 0 Å². The molecule has 0 aliphatic rings. The van der Waals surface area contributed by atoms with Crippen LogP contribution in [0.5, 0.6) is 5.75 Å². The number of rotatable bonds is 8. The summed E-state index contributed by atoms with van der Waals surface area (Å²) in [6.07, 6.45) is 7.89. The highest BCUT2D eigenvalue weighted by molar-refractivity contribution is 6.22. The Kier molecular flexibility index (Phi) is 7.67. The maximum Gasteiger partial charge on any atom is 0.119 e. The molecule has 0 fully saturated rings. The summed E-state index contributed by atoms with van der Waals surface area (Å²) in [4.78, 5) is 0. The first-order valence-corrected chi connectivity index (χ1v) is 17.5. The first kappa shape index (κ1) is 31.2. The van der Waals surface area contributed by atoms with Crippen LogP contribution in [0.3, 0.4) is 0 Å². The lowest BCUT2D eigenvalue weighted by Crippen LogP contribution is -1.97. The fourth-order valence-electron chi connectivity index (χ4n) is 7.65. The average molecular weight is 669 g/mol. The first-order chi connectivity index (χ1) is 25.6. The van der Waals surface area contributed by atoms with Crippen molar-refractivity contribution in [1.82, 2.24) is 9.13 Å². The summed E-state index contributed by atoms with van der Waals surface area (Å²) in [6, 6.07) is 54.7. The molecule has 2 heterocycles. The Labute approximate surface area is 303 Å². The number of methoxy groups -OCH3 is 1. The third kappa shape index (κ3) is 5.23. The number of hydrogen-bond donors (Lipinski definition) is 0. The average Bonchev–Trinajstić information content (AvgIpc) is 3.79. The van der Waals surface area contributed by atoms with Gasteiger partial charge in [0.15, 0.2) is 0 Å². The molecule has 9 aromatic rings. The molecular formula is C49H36N2O. The molecule has 0 saturated carbocycles. The molecule has 7 aromatic carbocycles. The summed E-state index contributed by atoms with van der Waals surface area (Å²) in [5.74, 6) is 0.849. The van der Waals surface area contributed by atoms with Gasteiger partial charge in [0.05, 0.1) is 23.7 Å². The smallest absolute Gasteiger partial charge is 0.119 e. The minimum absolute atomic E-state index is 0.849. The fraction of sp³-hybridized carbons (Fsp3) is 0.0204. The number of ether oxygens (including phenoxy) is 1. The van der Waals surface area contributed by atoms with E-state index in [4.69, 9.17) is 4.74 Å². The molecule has 52 heavy (non-hydrogen) atoms. The van der Waals surface area contributed by atoms with Crippen molar-refractivity contribution in [1.29, 1.82) is 0 Å². The van der Waals surface area contributed by atoms with E-state index in [-0.39, 0.29) is 0 Å². The van der Waals surface area contributed by atoms with Gasteiger partial charge in [-0.15, -0.1) is 0 Å². The topological polar surface area (TPSA) is 19.1 Å². The van der Waals surface area contributed by atoms with Crippen LogP contribution in [0.2, 0.25) is 0 Å². The summed E-state index contributed by atoms with van der Waals surface area (Å²) in [5, 5.41) is 6.13. The molecular weight excluding hydrogens is 633 g/mol. The zero-order valence-electron chi connectivity index (χ0n) is 29.0. The van der Waals surface area contributed by atoms with E-state index in [1.165, 1.54) is 43.6 Å². The van der Waals surface area contributed by atoms with E-state index in [1.54, 1.807) is 7.11 Å². The maximum atomic E-state index is 5.38. The second kappa shape index (κ2) is 12.8. The molecule has 9 rings (SSSR count). The second-order valence-electron chi connectivity index (χ2n) is 13.1. The van der Waals surface area contributed by atoms with Crippen LogP contribution in [-0.4, -0.2) is 16.2 Å². The zero-order chi connectivity index (χ0) is 35.2. The van der Waals surface area contributed by atoms with Crippen molar-refractivity contribution >= 4 is 49.1 Å². The normalized spacial score (nSPS) is 11.8. The van der Waals surface area contributed by atoms with Crippen molar-refractivity contribution in [2.45, 2.75) is 0 Å². The number of allylic oxidation sites excluding steroid dienone is 4. The van der Waals surface area contributed by atoms with Crippen LogP contribution in [0, 0.1) is 0 Å². The van der Waals surface area contributed by atoms with E-state index < -0.39 is 0 Å². The highest BCUT2D eigenvalue weighted by Crippen LogP contribution is 2.40. The van der Waals surface area contributed by atoms with Crippen LogP contribution < -0.4 is 4.74 Å². The van der Waals surface area contributed by atoms with Gasteiger partial charge in [0.2, 0.25) is 0 Å². The van der Waals surface area contributed by atoms with Crippen molar-refractivity contribution in [3.63, 3.8) is 0 Å². The van der Waals surface area contributed by atoms with Crippen molar-refractivity contribution in [2.24, 2.45) is 0 Å². The molecule has 0 saturated heterocycles. The molecule has 248 valence electrons. The van der Waals surface area contributed by atoms with Crippen LogP contribution in [0.4, 0.5) is 0 Å². The number of benzene rings is 7.